The summed E-state index contributed by atoms with van der Waals surface area (Å²) in [5.74, 6) is 1.45. The monoisotopic (exact) mass is 280 g/mol. The molecule has 0 bridgehead atoms. The van der Waals surface area contributed by atoms with Gasteiger partial charge in [0, 0.05) is 18.5 Å². The number of nitro groups is 1. The molecule has 1 heterocycles. The molecule has 1 aromatic carbocycles. The quantitative estimate of drug-likeness (QED) is 0.613. The second kappa shape index (κ2) is 7.09. The lowest BCUT2D eigenvalue weighted by Gasteiger charge is -2.12. The van der Waals surface area contributed by atoms with Crippen LogP contribution in [0.4, 0.5) is 5.69 Å². The van der Waals surface area contributed by atoms with E-state index in [1.165, 1.54) is 12.1 Å². The van der Waals surface area contributed by atoms with Crippen molar-refractivity contribution in [2.24, 2.45) is 5.92 Å². The summed E-state index contributed by atoms with van der Waals surface area (Å²) >= 11 is 0. The third-order valence-corrected chi connectivity index (χ3v) is 3.20. The van der Waals surface area contributed by atoms with Crippen LogP contribution in [0.15, 0.2) is 18.2 Å². The van der Waals surface area contributed by atoms with Crippen molar-refractivity contribution in [3.05, 3.63) is 28.3 Å². The van der Waals surface area contributed by atoms with Crippen LogP contribution in [-0.4, -0.2) is 31.2 Å². The minimum atomic E-state index is -0.428. The van der Waals surface area contributed by atoms with Crippen LogP contribution in [0, 0.1) is 16.0 Å². The average Bonchev–Trinajstić information content (AvgIpc) is 2.96. The number of nitrogens with zero attached hydrogens (tertiary/aromatic N) is 1. The summed E-state index contributed by atoms with van der Waals surface area (Å²) in [6.45, 7) is 5.04. The Morgan fingerprint density at radius 2 is 2.10 bits per heavy atom. The first-order valence-electron chi connectivity index (χ1n) is 6.95. The Hall–Kier alpha value is -1.82. The van der Waals surface area contributed by atoms with Crippen molar-refractivity contribution in [3.8, 4) is 11.5 Å². The molecule has 6 nitrogen and oxygen atoms in total. The number of ether oxygens (including phenoxy) is 2. The van der Waals surface area contributed by atoms with Crippen LogP contribution in [0.5, 0.6) is 11.5 Å². The van der Waals surface area contributed by atoms with Crippen LogP contribution >= 0.6 is 0 Å². The van der Waals surface area contributed by atoms with Gasteiger partial charge in [-0.15, -0.1) is 0 Å². The van der Waals surface area contributed by atoms with E-state index >= 15 is 0 Å². The zero-order chi connectivity index (χ0) is 14.4. The van der Waals surface area contributed by atoms with E-state index in [1.807, 2.05) is 6.92 Å². The lowest BCUT2D eigenvalue weighted by molar-refractivity contribution is -0.385. The summed E-state index contributed by atoms with van der Waals surface area (Å²) in [5.41, 5.74) is -0.00171. The van der Waals surface area contributed by atoms with Crippen LogP contribution in [0.1, 0.15) is 19.8 Å². The predicted octanol–water partition coefficient (Wildman–Crippen LogP) is 2.37. The van der Waals surface area contributed by atoms with Crippen LogP contribution in [0.25, 0.3) is 0 Å². The zero-order valence-corrected chi connectivity index (χ0v) is 11.6. The van der Waals surface area contributed by atoms with Gasteiger partial charge in [-0.2, -0.15) is 0 Å². The molecule has 1 aromatic rings. The first-order valence-corrected chi connectivity index (χ1v) is 6.95. The number of non-ortho nitro benzene ring substituents is 1. The molecule has 6 heteroatoms. The molecule has 20 heavy (non-hydrogen) atoms. The highest BCUT2D eigenvalue weighted by atomic mass is 16.6. The molecule has 0 saturated carbocycles. The molecule has 1 saturated heterocycles. The molecule has 110 valence electrons. The van der Waals surface area contributed by atoms with Gasteiger partial charge >= 0.3 is 0 Å². The molecule has 2 rings (SSSR count). The van der Waals surface area contributed by atoms with Gasteiger partial charge in [0.2, 0.25) is 0 Å². The molecule has 1 atom stereocenters. The number of nitro benzene ring substituents is 1. The van der Waals surface area contributed by atoms with Gasteiger partial charge in [0.05, 0.1) is 30.3 Å². The van der Waals surface area contributed by atoms with Crippen molar-refractivity contribution in [1.29, 1.82) is 0 Å². The number of benzene rings is 1. The fourth-order valence-corrected chi connectivity index (χ4v) is 2.12. The predicted molar refractivity (Wildman–Crippen MR) is 75.4 cm³/mol. The average molecular weight is 280 g/mol. The lowest BCUT2D eigenvalue weighted by Crippen LogP contribution is -2.15. The van der Waals surface area contributed by atoms with E-state index in [2.05, 4.69) is 5.32 Å². The summed E-state index contributed by atoms with van der Waals surface area (Å²) in [6.07, 6.45) is 1.93. The Kier molecular flexibility index (Phi) is 5.17. The second-order valence-corrected chi connectivity index (χ2v) is 4.94. The topological polar surface area (TPSA) is 73.6 Å². The number of hydrogen-bond acceptors (Lipinski definition) is 5. The highest BCUT2D eigenvalue weighted by Gasteiger charge is 2.16. The Morgan fingerprint density at radius 3 is 2.70 bits per heavy atom. The maximum atomic E-state index is 10.9. The summed E-state index contributed by atoms with van der Waals surface area (Å²) in [7, 11) is 0. The minimum absolute atomic E-state index is 0.00171. The Balaban J connectivity index is 2.04. The lowest BCUT2D eigenvalue weighted by atomic mass is 10.1. The van der Waals surface area contributed by atoms with Crippen molar-refractivity contribution in [2.75, 3.05) is 26.3 Å². The molecule has 1 fully saturated rings. The van der Waals surface area contributed by atoms with Crippen molar-refractivity contribution in [1.82, 2.24) is 5.32 Å². The highest BCUT2D eigenvalue weighted by Crippen LogP contribution is 2.28. The van der Waals surface area contributed by atoms with E-state index in [0.29, 0.717) is 30.6 Å². The van der Waals surface area contributed by atoms with E-state index < -0.39 is 4.92 Å². The molecule has 1 aliphatic heterocycles. The van der Waals surface area contributed by atoms with Crippen LogP contribution < -0.4 is 14.8 Å². The molecule has 0 amide bonds. The van der Waals surface area contributed by atoms with Gasteiger partial charge in [-0.3, -0.25) is 10.1 Å². The smallest absolute Gasteiger partial charge is 0.276 e. The van der Waals surface area contributed by atoms with Crippen molar-refractivity contribution < 1.29 is 14.4 Å². The molecule has 0 radical (unpaired) electrons. The third kappa shape index (κ3) is 4.09. The second-order valence-electron chi connectivity index (χ2n) is 4.94. The van der Waals surface area contributed by atoms with E-state index in [0.717, 1.165) is 25.9 Å². The summed E-state index contributed by atoms with van der Waals surface area (Å²) in [6, 6.07) is 4.59. The number of hydrogen-bond donors (Lipinski definition) is 1. The van der Waals surface area contributed by atoms with Gasteiger partial charge in [-0.25, -0.2) is 0 Å². The van der Waals surface area contributed by atoms with Crippen molar-refractivity contribution in [3.63, 3.8) is 0 Å². The molecule has 1 unspecified atom stereocenters. The number of nitrogens with one attached hydrogen (secondary N) is 1. The maximum absolute atomic E-state index is 10.9. The maximum Gasteiger partial charge on any atom is 0.276 e. The van der Waals surface area contributed by atoms with Crippen molar-refractivity contribution in [2.45, 2.75) is 19.8 Å². The fraction of sp³-hybridized carbons (Fsp3) is 0.571. The molecule has 1 aliphatic rings. The Morgan fingerprint density at radius 1 is 1.35 bits per heavy atom. The van der Waals surface area contributed by atoms with Gasteiger partial charge in [0.1, 0.15) is 11.5 Å². The van der Waals surface area contributed by atoms with Gasteiger partial charge in [0.15, 0.2) is 0 Å². The Bertz CT molecular complexity index is 458. The van der Waals surface area contributed by atoms with E-state index in [4.69, 9.17) is 9.47 Å². The molecular weight excluding hydrogens is 260 g/mol. The largest absolute Gasteiger partial charge is 0.493 e. The van der Waals surface area contributed by atoms with Crippen LogP contribution in [0.3, 0.4) is 0 Å². The standard InChI is InChI=1S/C14H20N2O4/c1-2-5-19-13-6-12(16(17)18)7-14(8-13)20-10-11-3-4-15-9-11/h6-8,11,15H,2-5,9-10H2,1H3. The summed E-state index contributed by atoms with van der Waals surface area (Å²) in [5, 5.41) is 14.2. The normalized spacial score (nSPS) is 17.9. The third-order valence-electron chi connectivity index (χ3n) is 3.20. The molecule has 1 N–H and O–H groups in total. The molecular formula is C14H20N2O4. The first kappa shape index (κ1) is 14.6. The van der Waals surface area contributed by atoms with Crippen LogP contribution in [-0.2, 0) is 0 Å². The first-order chi connectivity index (χ1) is 9.69. The zero-order valence-electron chi connectivity index (χ0n) is 11.6. The van der Waals surface area contributed by atoms with Gasteiger partial charge in [0.25, 0.3) is 5.69 Å². The minimum Gasteiger partial charge on any atom is -0.493 e. The summed E-state index contributed by atoms with van der Waals surface area (Å²) < 4.78 is 11.1. The van der Waals surface area contributed by atoms with E-state index in [-0.39, 0.29) is 5.69 Å². The van der Waals surface area contributed by atoms with Crippen molar-refractivity contribution >= 4 is 5.69 Å². The van der Waals surface area contributed by atoms with E-state index in [1.54, 1.807) is 6.07 Å². The molecule has 0 spiro atoms. The van der Waals surface area contributed by atoms with Gasteiger partial charge in [-0.1, -0.05) is 6.92 Å². The van der Waals surface area contributed by atoms with Crippen LogP contribution in [0.2, 0.25) is 0 Å². The molecule has 0 aromatic heterocycles. The number of rotatable bonds is 7. The van der Waals surface area contributed by atoms with E-state index in [9.17, 15) is 10.1 Å². The Labute approximate surface area is 118 Å². The molecule has 0 aliphatic carbocycles. The van der Waals surface area contributed by atoms with Gasteiger partial charge < -0.3 is 14.8 Å². The summed E-state index contributed by atoms with van der Waals surface area (Å²) in [4.78, 5) is 10.5. The highest BCUT2D eigenvalue weighted by molar-refractivity contribution is 5.46. The SMILES string of the molecule is CCCOc1cc(OCC2CCNC2)cc([N+](=O)[O-])c1. The van der Waals surface area contributed by atoms with Gasteiger partial charge in [-0.05, 0) is 19.4 Å². The fourth-order valence-electron chi connectivity index (χ4n) is 2.12.